The Morgan fingerprint density at radius 2 is 1.81 bits per heavy atom. The van der Waals surface area contributed by atoms with Crippen molar-refractivity contribution in [3.8, 4) is 0 Å². The molecule has 27 heavy (non-hydrogen) atoms. The van der Waals surface area contributed by atoms with Crippen LogP contribution in [0.2, 0.25) is 0 Å². The van der Waals surface area contributed by atoms with Crippen molar-refractivity contribution in [1.82, 2.24) is 14.1 Å². The van der Waals surface area contributed by atoms with Crippen LogP contribution in [0.1, 0.15) is 20.3 Å². The minimum Gasteiger partial charge on any atom is -0.332 e. The van der Waals surface area contributed by atoms with Crippen LogP contribution in [0.15, 0.2) is 29.2 Å². The van der Waals surface area contributed by atoms with Gasteiger partial charge in [0.15, 0.2) is 0 Å². The molecule has 2 aliphatic rings. The van der Waals surface area contributed by atoms with Gasteiger partial charge >= 0.3 is 0 Å². The third kappa shape index (κ3) is 3.45. The maximum absolute atomic E-state index is 14.0. The number of hydrogen-bond acceptors (Lipinski definition) is 4. The molecular formula is C18H24FN3O4S. The summed E-state index contributed by atoms with van der Waals surface area (Å²) in [5, 5.41) is 0. The van der Waals surface area contributed by atoms with Gasteiger partial charge < -0.3 is 9.80 Å². The van der Waals surface area contributed by atoms with E-state index in [0.717, 1.165) is 10.4 Å². The maximum Gasteiger partial charge on any atom is 0.247 e. The molecule has 7 nitrogen and oxygen atoms in total. The lowest BCUT2D eigenvalue weighted by Crippen LogP contribution is -2.69. The number of benzene rings is 1. The number of amides is 2. The molecule has 0 saturated carbocycles. The molecule has 0 bridgehead atoms. The Hall–Kier alpha value is -2.00. The Morgan fingerprint density at radius 1 is 1.15 bits per heavy atom. The number of piperazine rings is 2. The fourth-order valence-electron chi connectivity index (χ4n) is 3.70. The third-order valence-electron chi connectivity index (χ3n) is 5.16. The Balaban J connectivity index is 1.86. The van der Waals surface area contributed by atoms with Gasteiger partial charge in [0, 0.05) is 26.7 Å². The van der Waals surface area contributed by atoms with E-state index in [0.29, 0.717) is 6.42 Å². The van der Waals surface area contributed by atoms with E-state index in [1.165, 1.54) is 28.0 Å². The molecule has 0 radical (unpaired) electrons. The van der Waals surface area contributed by atoms with E-state index >= 15 is 0 Å². The minimum atomic E-state index is -4.08. The molecule has 2 aliphatic heterocycles. The molecule has 148 valence electrons. The van der Waals surface area contributed by atoms with Crippen LogP contribution in [0.3, 0.4) is 0 Å². The van der Waals surface area contributed by atoms with Gasteiger partial charge in [0.05, 0.1) is 0 Å². The topological polar surface area (TPSA) is 78.0 Å². The lowest BCUT2D eigenvalue weighted by atomic mass is 9.96. The molecular weight excluding hydrogens is 373 g/mol. The highest BCUT2D eigenvalue weighted by Gasteiger charge is 2.48. The summed E-state index contributed by atoms with van der Waals surface area (Å²) in [4.78, 5) is 28.1. The van der Waals surface area contributed by atoms with Crippen molar-refractivity contribution in [3.63, 3.8) is 0 Å². The normalized spacial score (nSPS) is 24.5. The number of carbonyl (C=O) groups is 2. The molecule has 0 aromatic heterocycles. The quantitative estimate of drug-likeness (QED) is 0.757. The Bertz CT molecular complexity index is 858. The highest BCUT2D eigenvalue weighted by Crippen LogP contribution is 2.28. The summed E-state index contributed by atoms with van der Waals surface area (Å²) >= 11 is 0. The molecule has 2 atom stereocenters. The lowest BCUT2D eigenvalue weighted by Gasteiger charge is -2.48. The molecule has 1 aromatic carbocycles. The number of fused-ring (bicyclic) bond motifs is 1. The molecule has 0 unspecified atom stereocenters. The van der Waals surface area contributed by atoms with Gasteiger partial charge in [-0.2, -0.15) is 4.31 Å². The van der Waals surface area contributed by atoms with E-state index in [1.54, 1.807) is 7.05 Å². The molecule has 2 heterocycles. The second kappa shape index (κ2) is 7.20. The standard InChI is InChI=1S/C18H24FN3O4S/c1-12(2)10-14-18(24)22-9-8-21(11-15(22)17(23)20(14)3)27(25,26)16-7-5-4-6-13(16)19/h4-7,12,14-15H,8-11H2,1-3H3/t14-,15+/m0/s1. The molecule has 3 rings (SSSR count). The number of likely N-dealkylation sites (N-methyl/N-ethyl adjacent to an activating group) is 1. The first-order valence-corrected chi connectivity index (χ1v) is 10.4. The summed E-state index contributed by atoms with van der Waals surface area (Å²) < 4.78 is 40.7. The predicted octanol–water partition coefficient (Wildman–Crippen LogP) is 0.914. The van der Waals surface area contributed by atoms with Gasteiger partial charge in [-0.1, -0.05) is 26.0 Å². The van der Waals surface area contributed by atoms with Crippen molar-refractivity contribution in [3.05, 3.63) is 30.1 Å². The van der Waals surface area contributed by atoms with E-state index < -0.39 is 32.8 Å². The van der Waals surface area contributed by atoms with Crippen LogP contribution < -0.4 is 0 Å². The van der Waals surface area contributed by atoms with Crippen molar-refractivity contribution in [2.75, 3.05) is 26.7 Å². The minimum absolute atomic E-state index is 0.0320. The van der Waals surface area contributed by atoms with Crippen molar-refractivity contribution < 1.29 is 22.4 Å². The van der Waals surface area contributed by atoms with Gasteiger partial charge in [-0.25, -0.2) is 12.8 Å². The summed E-state index contributed by atoms with van der Waals surface area (Å²) in [7, 11) is -2.51. The molecule has 0 aliphatic carbocycles. The zero-order valence-corrected chi connectivity index (χ0v) is 16.4. The molecule has 0 N–H and O–H groups in total. The van der Waals surface area contributed by atoms with E-state index in [1.807, 2.05) is 13.8 Å². The maximum atomic E-state index is 14.0. The summed E-state index contributed by atoms with van der Waals surface area (Å²) in [6.45, 7) is 3.95. The number of halogens is 1. The third-order valence-corrected chi connectivity index (χ3v) is 7.06. The first-order chi connectivity index (χ1) is 12.6. The van der Waals surface area contributed by atoms with Gasteiger partial charge in [-0.15, -0.1) is 0 Å². The SMILES string of the molecule is CC(C)C[C@H]1C(=O)N2CCN(S(=O)(=O)c3ccccc3F)C[C@@H]2C(=O)N1C. The molecule has 1 aromatic rings. The monoisotopic (exact) mass is 397 g/mol. The Morgan fingerprint density at radius 3 is 2.44 bits per heavy atom. The van der Waals surface area contributed by atoms with Crippen LogP contribution in [-0.4, -0.2) is 73.1 Å². The highest BCUT2D eigenvalue weighted by molar-refractivity contribution is 7.89. The zero-order chi connectivity index (χ0) is 19.9. The van der Waals surface area contributed by atoms with Crippen molar-refractivity contribution in [1.29, 1.82) is 0 Å². The second-order valence-corrected chi connectivity index (χ2v) is 9.34. The smallest absolute Gasteiger partial charge is 0.247 e. The molecule has 2 fully saturated rings. The molecule has 0 spiro atoms. The van der Waals surface area contributed by atoms with E-state index in [-0.39, 0.29) is 37.4 Å². The fourth-order valence-corrected chi connectivity index (χ4v) is 5.20. The molecule has 2 saturated heterocycles. The number of carbonyl (C=O) groups excluding carboxylic acids is 2. The van der Waals surface area contributed by atoms with Crippen LogP contribution in [0, 0.1) is 11.7 Å². The van der Waals surface area contributed by atoms with Crippen LogP contribution in [0.4, 0.5) is 4.39 Å². The van der Waals surface area contributed by atoms with E-state index in [4.69, 9.17) is 0 Å². The average Bonchev–Trinajstić information content (AvgIpc) is 2.63. The van der Waals surface area contributed by atoms with E-state index in [9.17, 15) is 22.4 Å². The average molecular weight is 397 g/mol. The summed E-state index contributed by atoms with van der Waals surface area (Å²) in [5.41, 5.74) is 0. The van der Waals surface area contributed by atoms with Gasteiger partial charge in [0.1, 0.15) is 22.8 Å². The lowest BCUT2D eigenvalue weighted by molar-refractivity contribution is -0.163. The Labute approximate surface area is 158 Å². The first kappa shape index (κ1) is 19.8. The van der Waals surface area contributed by atoms with Crippen LogP contribution in [-0.2, 0) is 19.6 Å². The van der Waals surface area contributed by atoms with E-state index in [2.05, 4.69) is 0 Å². The summed E-state index contributed by atoms with van der Waals surface area (Å²) in [6, 6.07) is 3.76. The second-order valence-electron chi connectivity index (χ2n) is 7.44. The van der Waals surface area contributed by atoms with Gasteiger partial charge in [-0.3, -0.25) is 9.59 Å². The number of rotatable bonds is 4. The fraction of sp³-hybridized carbons (Fsp3) is 0.556. The number of sulfonamides is 1. The highest BCUT2D eigenvalue weighted by atomic mass is 32.2. The molecule has 9 heteroatoms. The van der Waals surface area contributed by atoms with Crippen LogP contribution in [0.25, 0.3) is 0 Å². The summed E-state index contributed by atoms with van der Waals surface area (Å²) in [5.74, 6) is -1.03. The van der Waals surface area contributed by atoms with Crippen molar-refractivity contribution >= 4 is 21.8 Å². The first-order valence-electron chi connectivity index (χ1n) is 8.96. The van der Waals surface area contributed by atoms with Gasteiger partial charge in [-0.05, 0) is 24.5 Å². The van der Waals surface area contributed by atoms with Crippen LogP contribution >= 0.6 is 0 Å². The number of nitrogens with zero attached hydrogens (tertiary/aromatic N) is 3. The zero-order valence-electron chi connectivity index (χ0n) is 15.6. The van der Waals surface area contributed by atoms with Crippen LogP contribution in [0.5, 0.6) is 0 Å². The number of hydrogen-bond donors (Lipinski definition) is 0. The van der Waals surface area contributed by atoms with Gasteiger partial charge in [0.25, 0.3) is 0 Å². The predicted molar refractivity (Wildman–Crippen MR) is 96.7 cm³/mol. The van der Waals surface area contributed by atoms with Crippen molar-refractivity contribution in [2.24, 2.45) is 5.92 Å². The molecule has 2 amide bonds. The Kier molecular flexibility index (Phi) is 5.27. The summed E-state index contributed by atoms with van der Waals surface area (Å²) in [6.07, 6.45) is 0.557. The largest absolute Gasteiger partial charge is 0.332 e. The van der Waals surface area contributed by atoms with Crippen molar-refractivity contribution in [2.45, 2.75) is 37.2 Å². The van der Waals surface area contributed by atoms with Gasteiger partial charge in [0.2, 0.25) is 21.8 Å².